The van der Waals surface area contributed by atoms with Crippen LogP contribution in [-0.2, 0) is 0 Å². The lowest BCUT2D eigenvalue weighted by atomic mass is 10.2. The molecule has 0 radical (unpaired) electrons. The van der Waals surface area contributed by atoms with E-state index in [0.717, 1.165) is 5.69 Å². The summed E-state index contributed by atoms with van der Waals surface area (Å²) in [4.78, 5) is 8.58. The van der Waals surface area contributed by atoms with E-state index in [9.17, 15) is 0 Å². The highest BCUT2D eigenvalue weighted by atomic mass is 32.2. The predicted octanol–water partition coefficient (Wildman–Crippen LogP) is 2.54. The van der Waals surface area contributed by atoms with Crippen molar-refractivity contribution in [2.45, 2.75) is 12.1 Å². The van der Waals surface area contributed by atoms with Crippen molar-refractivity contribution >= 4 is 29.1 Å². The van der Waals surface area contributed by atoms with Crippen LogP contribution in [0.25, 0.3) is 0 Å². The van der Waals surface area contributed by atoms with Crippen LogP contribution in [0.3, 0.4) is 0 Å². The number of hydrogen-bond donors (Lipinski definition) is 3. The Morgan fingerprint density at radius 1 is 1.17 bits per heavy atom. The van der Waals surface area contributed by atoms with Crippen LogP contribution in [0, 0.1) is 6.92 Å². The van der Waals surface area contributed by atoms with Gasteiger partial charge in [0.15, 0.2) is 5.16 Å². The molecule has 4 N–H and O–H groups in total. The fourth-order valence-corrected chi connectivity index (χ4v) is 1.90. The van der Waals surface area contributed by atoms with Gasteiger partial charge in [-0.15, -0.1) is 0 Å². The lowest BCUT2D eigenvalue weighted by Crippen LogP contribution is -2.10. The average molecular weight is 261 g/mol. The van der Waals surface area contributed by atoms with Gasteiger partial charge in [0, 0.05) is 11.8 Å². The van der Waals surface area contributed by atoms with Gasteiger partial charge in [-0.25, -0.2) is 15.8 Å². The topological polar surface area (TPSA) is 75.9 Å². The summed E-state index contributed by atoms with van der Waals surface area (Å²) in [6.45, 7) is 2.05. The van der Waals surface area contributed by atoms with E-state index in [2.05, 4.69) is 26.8 Å². The maximum Gasteiger partial charge on any atom is 0.191 e. The van der Waals surface area contributed by atoms with E-state index in [-0.39, 0.29) is 0 Å². The lowest BCUT2D eigenvalue weighted by Gasteiger charge is -2.09. The predicted molar refractivity (Wildman–Crippen MR) is 76.1 cm³/mol. The Morgan fingerprint density at radius 2 is 1.94 bits per heavy atom. The van der Waals surface area contributed by atoms with Crippen LogP contribution in [0.5, 0.6) is 0 Å². The van der Waals surface area contributed by atoms with Gasteiger partial charge in [-0.1, -0.05) is 23.9 Å². The highest BCUT2D eigenvalue weighted by molar-refractivity contribution is 7.98. The largest absolute Gasteiger partial charge is 0.340 e. The molecule has 0 unspecified atom stereocenters. The zero-order chi connectivity index (χ0) is 13.0. The molecule has 2 aromatic rings. The van der Waals surface area contributed by atoms with Crippen molar-refractivity contribution in [1.82, 2.24) is 9.97 Å². The first-order valence-corrected chi connectivity index (χ1v) is 6.67. The van der Waals surface area contributed by atoms with Crippen molar-refractivity contribution in [2.24, 2.45) is 5.84 Å². The molecule has 2 rings (SSSR count). The fourth-order valence-electron chi connectivity index (χ4n) is 1.53. The summed E-state index contributed by atoms with van der Waals surface area (Å²) in [5.74, 6) is 6.69. The number of hydrazine groups is 1. The third-order valence-corrected chi connectivity index (χ3v) is 2.87. The summed E-state index contributed by atoms with van der Waals surface area (Å²) < 4.78 is 0. The van der Waals surface area contributed by atoms with Crippen LogP contribution in [0.1, 0.15) is 5.56 Å². The maximum absolute atomic E-state index is 5.38. The summed E-state index contributed by atoms with van der Waals surface area (Å²) in [5.41, 5.74) is 4.72. The lowest BCUT2D eigenvalue weighted by molar-refractivity contribution is 0.971. The van der Waals surface area contributed by atoms with E-state index in [0.29, 0.717) is 16.8 Å². The quantitative estimate of drug-likeness (QED) is 0.340. The smallest absolute Gasteiger partial charge is 0.191 e. The first-order valence-electron chi connectivity index (χ1n) is 5.44. The number of nitrogens with two attached hydrogens (primary N) is 1. The van der Waals surface area contributed by atoms with Gasteiger partial charge in [0.2, 0.25) is 0 Å². The molecule has 0 saturated heterocycles. The second-order valence-corrected chi connectivity index (χ2v) is 4.54. The number of nitrogen functional groups attached to an aromatic ring is 1. The Hall–Kier alpha value is -1.79. The second-order valence-electron chi connectivity index (χ2n) is 3.76. The molecule has 0 aliphatic carbocycles. The third-order valence-electron chi connectivity index (χ3n) is 2.33. The van der Waals surface area contributed by atoms with Crippen LogP contribution in [-0.4, -0.2) is 16.2 Å². The van der Waals surface area contributed by atoms with E-state index in [1.54, 1.807) is 6.07 Å². The molecule has 0 amide bonds. The molecule has 0 aliphatic rings. The number of hydrogen-bond acceptors (Lipinski definition) is 6. The van der Waals surface area contributed by atoms with Crippen LogP contribution >= 0.6 is 11.8 Å². The van der Waals surface area contributed by atoms with Crippen molar-refractivity contribution in [1.29, 1.82) is 0 Å². The summed E-state index contributed by atoms with van der Waals surface area (Å²) >= 11 is 1.47. The molecule has 0 saturated carbocycles. The Bertz CT molecular complexity index is 521. The molecule has 94 valence electrons. The molecular weight excluding hydrogens is 246 g/mol. The first-order chi connectivity index (χ1) is 8.71. The van der Waals surface area contributed by atoms with Crippen molar-refractivity contribution in [3.63, 3.8) is 0 Å². The van der Waals surface area contributed by atoms with Gasteiger partial charge < -0.3 is 10.7 Å². The minimum atomic E-state index is 0.588. The fraction of sp³-hybridized carbons (Fsp3) is 0.167. The molecule has 18 heavy (non-hydrogen) atoms. The highest BCUT2D eigenvalue weighted by Gasteiger charge is 2.03. The van der Waals surface area contributed by atoms with E-state index in [1.165, 1.54) is 17.3 Å². The summed E-state index contributed by atoms with van der Waals surface area (Å²) in [5, 5.41) is 3.90. The van der Waals surface area contributed by atoms with Crippen LogP contribution < -0.4 is 16.6 Å². The maximum atomic E-state index is 5.38. The number of benzene rings is 1. The molecule has 0 aliphatic heterocycles. The van der Waals surface area contributed by atoms with E-state index in [4.69, 9.17) is 5.84 Å². The summed E-state index contributed by atoms with van der Waals surface area (Å²) in [7, 11) is 0. The number of aryl methyl sites for hydroxylation is 1. The molecule has 1 aromatic carbocycles. The summed E-state index contributed by atoms with van der Waals surface area (Å²) in [6.07, 6.45) is 1.92. The first kappa shape index (κ1) is 12.7. The second kappa shape index (κ2) is 5.70. The molecule has 0 bridgehead atoms. The Balaban J connectivity index is 2.28. The normalized spacial score (nSPS) is 10.2. The van der Waals surface area contributed by atoms with Crippen LogP contribution in [0.2, 0.25) is 0 Å². The number of aromatic nitrogens is 2. The Labute approximate surface area is 110 Å². The zero-order valence-electron chi connectivity index (χ0n) is 10.3. The number of thioether (sulfide) groups is 1. The molecule has 6 heteroatoms. The minimum Gasteiger partial charge on any atom is -0.340 e. The molecule has 0 spiro atoms. The van der Waals surface area contributed by atoms with Crippen LogP contribution in [0.4, 0.5) is 17.3 Å². The van der Waals surface area contributed by atoms with E-state index >= 15 is 0 Å². The van der Waals surface area contributed by atoms with Gasteiger partial charge in [-0.2, -0.15) is 0 Å². The standard InChI is InChI=1S/C12H15N5S/c1-8-4-3-5-9(6-8)14-10-7-11(17-13)16-12(15-10)18-2/h3-7H,13H2,1-2H3,(H2,14,15,16,17). The third kappa shape index (κ3) is 3.12. The van der Waals surface area contributed by atoms with Gasteiger partial charge in [0.25, 0.3) is 0 Å². The van der Waals surface area contributed by atoms with Gasteiger partial charge in [0.1, 0.15) is 11.6 Å². The van der Waals surface area contributed by atoms with Crippen molar-refractivity contribution < 1.29 is 0 Å². The molecule has 0 fully saturated rings. The number of rotatable bonds is 4. The minimum absolute atomic E-state index is 0.588. The number of nitrogens with one attached hydrogen (secondary N) is 2. The van der Waals surface area contributed by atoms with Gasteiger partial charge in [-0.05, 0) is 30.9 Å². The molecule has 1 aromatic heterocycles. The van der Waals surface area contributed by atoms with Crippen molar-refractivity contribution in [3.05, 3.63) is 35.9 Å². The van der Waals surface area contributed by atoms with E-state index in [1.807, 2.05) is 31.4 Å². The average Bonchev–Trinajstić information content (AvgIpc) is 2.38. The number of anilines is 3. The summed E-state index contributed by atoms with van der Waals surface area (Å²) in [6, 6.07) is 9.85. The molecule has 1 heterocycles. The van der Waals surface area contributed by atoms with E-state index < -0.39 is 0 Å². The zero-order valence-corrected chi connectivity index (χ0v) is 11.1. The van der Waals surface area contributed by atoms with Crippen molar-refractivity contribution in [3.8, 4) is 0 Å². The Kier molecular flexibility index (Phi) is 4.01. The highest BCUT2D eigenvalue weighted by Crippen LogP contribution is 2.20. The van der Waals surface area contributed by atoms with Gasteiger partial charge in [-0.3, -0.25) is 0 Å². The molecule has 0 atom stereocenters. The van der Waals surface area contributed by atoms with Crippen LogP contribution in [0.15, 0.2) is 35.5 Å². The molecule has 5 nitrogen and oxygen atoms in total. The van der Waals surface area contributed by atoms with Gasteiger partial charge in [0.05, 0.1) is 0 Å². The molecular formula is C12H15N5S. The SMILES string of the molecule is CSc1nc(NN)cc(Nc2cccc(C)c2)n1. The van der Waals surface area contributed by atoms with Crippen molar-refractivity contribution in [2.75, 3.05) is 17.0 Å². The van der Waals surface area contributed by atoms with Gasteiger partial charge >= 0.3 is 0 Å². The Morgan fingerprint density at radius 3 is 2.61 bits per heavy atom. The monoisotopic (exact) mass is 261 g/mol. The number of nitrogens with zero attached hydrogens (tertiary/aromatic N) is 2.